The van der Waals surface area contributed by atoms with Crippen LogP contribution in [0.1, 0.15) is 39.5 Å². The molecule has 188 valence electrons. The lowest BCUT2D eigenvalue weighted by Crippen LogP contribution is -2.66. The molecule has 0 aromatic rings. The first-order chi connectivity index (χ1) is 16.0. The number of thioether (sulfide) groups is 1. The largest absolute Gasteiger partial charge is 0.477 e. The monoisotopic (exact) mass is 493 g/mol. The molecule has 11 heteroatoms. The molecule has 0 aromatic carbocycles. The smallest absolute Gasteiger partial charge is 0.353 e. The number of nitrogens with one attached hydrogen (secondary N) is 2. The van der Waals surface area contributed by atoms with Gasteiger partial charge in [-0.15, -0.1) is 11.8 Å². The third-order valence-corrected chi connectivity index (χ3v) is 9.18. The number of aliphatic carboxylic acids is 1. The second kappa shape index (κ2) is 9.50. The van der Waals surface area contributed by atoms with Crippen molar-refractivity contribution in [2.45, 2.75) is 68.9 Å². The number of hydrogen-bond acceptors (Lipinski definition) is 7. The molecule has 34 heavy (non-hydrogen) atoms. The summed E-state index contributed by atoms with van der Waals surface area (Å²) >= 11 is 1.46. The molecule has 10 nitrogen and oxygen atoms in total. The lowest BCUT2D eigenvalue weighted by atomic mass is 9.78. The van der Waals surface area contributed by atoms with E-state index >= 15 is 0 Å². The second-order valence-electron chi connectivity index (χ2n) is 10.3. The fourth-order valence-corrected chi connectivity index (χ4v) is 7.33. The number of fused-ring (bicyclic) bond motifs is 1. The van der Waals surface area contributed by atoms with Crippen LogP contribution in [-0.2, 0) is 19.2 Å². The molecule has 3 heterocycles. The minimum atomic E-state index is -1.12. The van der Waals surface area contributed by atoms with Crippen molar-refractivity contribution in [2.24, 2.45) is 23.5 Å². The summed E-state index contributed by atoms with van der Waals surface area (Å²) in [5.41, 5.74) is 5.98. The van der Waals surface area contributed by atoms with Crippen LogP contribution < -0.4 is 16.4 Å². The predicted molar refractivity (Wildman–Crippen MR) is 127 cm³/mol. The van der Waals surface area contributed by atoms with Crippen LogP contribution in [0.4, 0.5) is 0 Å². The van der Waals surface area contributed by atoms with Crippen molar-refractivity contribution in [3.8, 4) is 0 Å². The van der Waals surface area contributed by atoms with Crippen LogP contribution in [0, 0.1) is 17.8 Å². The Balaban J connectivity index is 1.44. The Kier molecular flexibility index (Phi) is 6.99. The molecule has 5 N–H and O–H groups in total. The average Bonchev–Trinajstić information content (AvgIpc) is 3.46. The number of amides is 3. The van der Waals surface area contributed by atoms with E-state index in [2.05, 4.69) is 10.6 Å². The van der Waals surface area contributed by atoms with Crippen molar-refractivity contribution in [1.82, 2.24) is 20.4 Å². The number of β-lactam (4-membered cyclic amide) rings is 1. The molecule has 0 aromatic heterocycles. The minimum absolute atomic E-state index is 0.00172. The summed E-state index contributed by atoms with van der Waals surface area (Å²) in [6.07, 6.45) is 2.83. The molecule has 3 amide bonds. The Labute approximate surface area is 204 Å². The number of carbonyl (C=O) groups excluding carboxylic acids is 3. The van der Waals surface area contributed by atoms with Crippen LogP contribution in [0.3, 0.4) is 0 Å². The normalized spacial score (nSPS) is 35.7. The fourth-order valence-electron chi connectivity index (χ4n) is 5.86. The van der Waals surface area contributed by atoms with E-state index in [-0.39, 0.29) is 58.6 Å². The van der Waals surface area contributed by atoms with Crippen LogP contribution in [0.5, 0.6) is 0 Å². The van der Waals surface area contributed by atoms with Gasteiger partial charge in [-0.1, -0.05) is 6.92 Å². The Morgan fingerprint density at radius 1 is 1.26 bits per heavy atom. The average molecular weight is 494 g/mol. The molecule has 3 aliphatic heterocycles. The number of rotatable bonds is 7. The van der Waals surface area contributed by atoms with Gasteiger partial charge in [0.25, 0.3) is 0 Å². The number of carbonyl (C=O) groups is 4. The van der Waals surface area contributed by atoms with Gasteiger partial charge in [-0.25, -0.2) is 4.79 Å². The van der Waals surface area contributed by atoms with E-state index in [1.54, 1.807) is 19.0 Å². The molecule has 0 unspecified atom stereocenters. The van der Waals surface area contributed by atoms with Crippen molar-refractivity contribution in [3.63, 3.8) is 0 Å². The van der Waals surface area contributed by atoms with E-state index in [4.69, 9.17) is 5.73 Å². The number of carboxylic acid groups (broad SMARTS) is 1. The zero-order valence-electron chi connectivity index (χ0n) is 20.1. The van der Waals surface area contributed by atoms with Crippen molar-refractivity contribution < 1.29 is 24.3 Å². The maximum atomic E-state index is 13.1. The lowest BCUT2D eigenvalue weighted by molar-refractivity contribution is -0.158. The summed E-state index contributed by atoms with van der Waals surface area (Å²) in [5.74, 6) is -2.21. The van der Waals surface area contributed by atoms with E-state index in [9.17, 15) is 24.3 Å². The van der Waals surface area contributed by atoms with Crippen LogP contribution in [-0.4, -0.2) is 88.7 Å². The maximum absolute atomic E-state index is 13.1. The Morgan fingerprint density at radius 3 is 2.56 bits per heavy atom. The molecule has 4 aliphatic rings. The van der Waals surface area contributed by atoms with E-state index in [0.29, 0.717) is 24.3 Å². The predicted octanol–water partition coefficient (Wildman–Crippen LogP) is -0.0567. The molecule has 2 saturated heterocycles. The molecule has 0 spiro atoms. The maximum Gasteiger partial charge on any atom is 0.353 e. The third kappa shape index (κ3) is 4.33. The number of hydrogen-bond donors (Lipinski definition) is 4. The summed E-state index contributed by atoms with van der Waals surface area (Å²) in [6, 6.07) is -0.935. The molecule has 0 radical (unpaired) electrons. The van der Waals surface area contributed by atoms with E-state index < -0.39 is 17.9 Å². The number of nitrogens with zero attached hydrogens (tertiary/aromatic N) is 2. The number of nitrogens with two attached hydrogens (primary N) is 1. The zero-order chi connectivity index (χ0) is 24.9. The minimum Gasteiger partial charge on any atom is -0.477 e. The summed E-state index contributed by atoms with van der Waals surface area (Å²) in [7, 11) is 3.43. The van der Waals surface area contributed by atoms with Crippen molar-refractivity contribution >= 4 is 35.5 Å². The van der Waals surface area contributed by atoms with Gasteiger partial charge >= 0.3 is 5.97 Å². The van der Waals surface area contributed by atoms with Crippen LogP contribution >= 0.6 is 11.8 Å². The lowest BCUT2D eigenvalue weighted by Gasteiger charge is -2.47. The topological polar surface area (TPSA) is 145 Å². The first kappa shape index (κ1) is 25.0. The summed E-state index contributed by atoms with van der Waals surface area (Å²) in [5, 5.41) is 16.2. The van der Waals surface area contributed by atoms with Gasteiger partial charge in [0.05, 0.1) is 18.0 Å². The highest BCUT2D eigenvalue weighted by atomic mass is 32.2. The molecule has 1 saturated carbocycles. The van der Waals surface area contributed by atoms with Gasteiger partial charge in [0.1, 0.15) is 5.70 Å². The highest BCUT2D eigenvalue weighted by Gasteiger charge is 2.60. The quantitative estimate of drug-likeness (QED) is 0.361. The molecule has 1 aliphatic carbocycles. The molecular weight excluding hydrogens is 458 g/mol. The number of likely N-dealkylation sites (N-methyl/N-ethyl adjacent to an activating group) is 1. The highest BCUT2D eigenvalue weighted by Crippen LogP contribution is 2.52. The zero-order valence-corrected chi connectivity index (χ0v) is 20.9. The van der Waals surface area contributed by atoms with E-state index in [1.807, 2.05) is 13.8 Å². The van der Waals surface area contributed by atoms with Gasteiger partial charge in [0.15, 0.2) is 0 Å². The molecular formula is C23H35N5O5S. The first-order valence-electron chi connectivity index (χ1n) is 12.0. The van der Waals surface area contributed by atoms with Gasteiger partial charge < -0.3 is 31.3 Å². The summed E-state index contributed by atoms with van der Waals surface area (Å²) in [6.45, 7) is 4.37. The van der Waals surface area contributed by atoms with Crippen LogP contribution in [0.15, 0.2) is 10.6 Å². The van der Waals surface area contributed by atoms with Gasteiger partial charge in [0, 0.05) is 54.7 Å². The van der Waals surface area contributed by atoms with E-state index in [1.165, 1.54) is 16.7 Å². The van der Waals surface area contributed by atoms with Gasteiger partial charge in [0.2, 0.25) is 17.7 Å². The summed E-state index contributed by atoms with van der Waals surface area (Å²) < 4.78 is 0. The standard InChI is InChI=1S/C23H35N5O5S/c1-10-17-16(11(2)26-20(29)12-5-6-13(24)7-12)22(31)28(17)18(23(32)33)19(10)34-14-8-15(25-9-14)21(30)27(3)4/h10-17,25H,5-9,24H2,1-4H3,(H,26,29)(H,32,33)/t10-,11-,12+,13-,14+,15+,16-,17-/m1/s1. The second-order valence-corrected chi connectivity index (χ2v) is 11.6. The van der Waals surface area contributed by atoms with Crippen molar-refractivity contribution in [2.75, 3.05) is 20.6 Å². The number of carboxylic acids is 1. The van der Waals surface area contributed by atoms with Gasteiger partial charge in [-0.3, -0.25) is 14.4 Å². The first-order valence-corrected chi connectivity index (χ1v) is 12.9. The molecule has 0 bridgehead atoms. The van der Waals surface area contributed by atoms with E-state index in [0.717, 1.165) is 12.8 Å². The fraction of sp³-hybridized carbons (Fsp3) is 0.739. The Hall–Kier alpha value is -2.11. The van der Waals surface area contributed by atoms with Crippen LogP contribution in [0.2, 0.25) is 0 Å². The SMILES string of the molecule is C[C@@H](NC(=O)[C@H]1CC[C@@H](N)C1)[C@H]1C(=O)N2C(C(=O)O)=C(S[C@@H]3CN[C@H](C(=O)N(C)C)C3)[C@H](C)[C@H]12. The van der Waals surface area contributed by atoms with Crippen molar-refractivity contribution in [3.05, 3.63) is 10.6 Å². The molecule has 3 fully saturated rings. The molecule has 4 rings (SSSR count). The Morgan fingerprint density at radius 2 is 1.97 bits per heavy atom. The highest BCUT2D eigenvalue weighted by molar-refractivity contribution is 8.03. The molecule has 8 atom stereocenters. The Bertz CT molecular complexity index is 923. The summed E-state index contributed by atoms with van der Waals surface area (Å²) in [4.78, 5) is 53.9. The van der Waals surface area contributed by atoms with Crippen LogP contribution in [0.25, 0.3) is 0 Å². The van der Waals surface area contributed by atoms with Gasteiger partial charge in [-0.2, -0.15) is 0 Å². The van der Waals surface area contributed by atoms with Gasteiger partial charge in [-0.05, 0) is 32.6 Å². The van der Waals surface area contributed by atoms with Crippen molar-refractivity contribution in [1.29, 1.82) is 0 Å². The third-order valence-electron chi connectivity index (χ3n) is 7.67.